The van der Waals surface area contributed by atoms with Gasteiger partial charge in [0.1, 0.15) is 0 Å². The summed E-state index contributed by atoms with van der Waals surface area (Å²) in [6, 6.07) is 17.4. The maximum absolute atomic E-state index is 9.77. The predicted octanol–water partition coefficient (Wildman–Crippen LogP) is 3.00. The number of rotatable bonds is 7. The van der Waals surface area contributed by atoms with Crippen LogP contribution in [0.3, 0.4) is 0 Å². The minimum absolute atomic E-state index is 0. The molecule has 0 amide bonds. The summed E-state index contributed by atoms with van der Waals surface area (Å²) in [4.78, 5) is 27.0. The van der Waals surface area contributed by atoms with Gasteiger partial charge in [0, 0.05) is 22.9 Å². The lowest BCUT2D eigenvalue weighted by Crippen LogP contribution is -2.39. The van der Waals surface area contributed by atoms with E-state index in [2.05, 4.69) is 79.3 Å². The normalized spacial score (nSPS) is 14.6. The molecular formula is C23H32N2O6S. The molecule has 32 heavy (non-hydrogen) atoms. The number of nitrogens with zero attached hydrogens (tertiary/aromatic N) is 2. The average Bonchev–Trinajstić information content (AvgIpc) is 2.72. The van der Waals surface area contributed by atoms with Crippen LogP contribution in [0.1, 0.15) is 14.4 Å². The Morgan fingerprint density at radius 1 is 0.906 bits per heavy atom. The fourth-order valence-electron chi connectivity index (χ4n) is 3.24. The van der Waals surface area contributed by atoms with Gasteiger partial charge in [-0.25, -0.2) is 9.59 Å². The zero-order valence-electron chi connectivity index (χ0n) is 17.7. The highest BCUT2D eigenvalue weighted by atomic mass is 32.2. The lowest BCUT2D eigenvalue weighted by atomic mass is 10.1. The molecule has 0 fully saturated rings. The van der Waals surface area contributed by atoms with Gasteiger partial charge in [-0.05, 0) is 44.3 Å². The molecule has 0 saturated carbocycles. The van der Waals surface area contributed by atoms with Crippen molar-refractivity contribution in [1.29, 1.82) is 0 Å². The number of fused-ring (bicyclic) bond motifs is 2. The van der Waals surface area contributed by atoms with E-state index in [9.17, 15) is 9.59 Å². The van der Waals surface area contributed by atoms with Crippen LogP contribution in [-0.4, -0.2) is 76.7 Å². The molecule has 0 spiro atoms. The number of hydrogen-bond acceptors (Lipinski definition) is 7. The Hall–Kier alpha value is -2.59. The van der Waals surface area contributed by atoms with Gasteiger partial charge in [-0.2, -0.15) is 0 Å². The van der Waals surface area contributed by atoms with Gasteiger partial charge in [-0.15, -0.1) is 0 Å². The summed E-state index contributed by atoms with van der Waals surface area (Å²) in [7, 11) is 4.29. The topological polar surface area (TPSA) is 122 Å². The molecule has 0 saturated heterocycles. The second kappa shape index (κ2) is 12.4. The van der Waals surface area contributed by atoms with Crippen LogP contribution in [0.2, 0.25) is 0 Å². The molecule has 1 aliphatic heterocycles. The van der Waals surface area contributed by atoms with Crippen molar-refractivity contribution in [2.75, 3.05) is 32.1 Å². The second-order valence-corrected chi connectivity index (χ2v) is 8.67. The van der Waals surface area contributed by atoms with E-state index in [1.807, 2.05) is 11.8 Å². The Balaban J connectivity index is 0.000000400. The number of aliphatic hydroxyl groups excluding tert-OH is 2. The fourth-order valence-corrected chi connectivity index (χ4v) is 4.34. The van der Waals surface area contributed by atoms with Crippen LogP contribution in [0, 0.1) is 5.92 Å². The van der Waals surface area contributed by atoms with Crippen LogP contribution in [0.4, 0.5) is 11.4 Å². The highest BCUT2D eigenvalue weighted by Gasteiger charge is 2.29. The molecular weight excluding hydrogens is 432 g/mol. The van der Waals surface area contributed by atoms with Crippen LogP contribution < -0.4 is 4.90 Å². The van der Waals surface area contributed by atoms with Crippen molar-refractivity contribution in [3.63, 3.8) is 0 Å². The van der Waals surface area contributed by atoms with E-state index in [1.165, 1.54) is 21.2 Å². The summed E-state index contributed by atoms with van der Waals surface area (Å²) >= 11 is 1.88. The molecule has 2 aromatic carbocycles. The predicted molar refractivity (Wildman–Crippen MR) is 126 cm³/mol. The number of para-hydroxylation sites is 2. The number of carboxylic acids is 2. The molecule has 1 heterocycles. The van der Waals surface area contributed by atoms with Crippen LogP contribution in [0.15, 0.2) is 58.3 Å². The van der Waals surface area contributed by atoms with Gasteiger partial charge in [-0.3, -0.25) is 0 Å². The Morgan fingerprint density at radius 2 is 1.31 bits per heavy atom. The van der Waals surface area contributed by atoms with E-state index < -0.39 is 24.1 Å². The summed E-state index contributed by atoms with van der Waals surface area (Å²) in [6.07, 6.45) is -4.53. The van der Waals surface area contributed by atoms with Gasteiger partial charge in [0.25, 0.3) is 0 Å². The third kappa shape index (κ3) is 7.23. The Morgan fingerprint density at radius 3 is 1.69 bits per heavy atom. The summed E-state index contributed by atoms with van der Waals surface area (Å²) in [5.74, 6) is -2.92. The van der Waals surface area contributed by atoms with E-state index in [0.717, 1.165) is 13.1 Å². The highest BCUT2D eigenvalue weighted by Crippen LogP contribution is 2.47. The lowest BCUT2D eigenvalue weighted by molar-refractivity contribution is -0.165. The van der Waals surface area contributed by atoms with Crippen LogP contribution >= 0.6 is 11.8 Å². The van der Waals surface area contributed by atoms with E-state index in [4.69, 9.17) is 20.4 Å². The molecule has 3 rings (SSSR count). The van der Waals surface area contributed by atoms with E-state index in [1.54, 1.807) is 0 Å². The minimum Gasteiger partial charge on any atom is -0.479 e. The molecule has 176 valence electrons. The van der Waals surface area contributed by atoms with Crippen LogP contribution in [0.5, 0.6) is 0 Å². The first-order chi connectivity index (χ1) is 14.6. The molecule has 3 atom stereocenters. The first kappa shape index (κ1) is 27.4. The Bertz CT molecular complexity index is 844. The monoisotopic (exact) mass is 464 g/mol. The van der Waals surface area contributed by atoms with Gasteiger partial charge in [-0.1, -0.05) is 50.4 Å². The minimum atomic E-state index is -2.27. The molecule has 0 bridgehead atoms. The van der Waals surface area contributed by atoms with Crippen molar-refractivity contribution in [2.45, 2.75) is 36.3 Å². The van der Waals surface area contributed by atoms with Gasteiger partial charge in [0.15, 0.2) is 12.2 Å². The van der Waals surface area contributed by atoms with E-state index in [0.29, 0.717) is 5.92 Å². The number of aliphatic hydroxyl groups is 2. The van der Waals surface area contributed by atoms with E-state index in [-0.39, 0.29) is 7.43 Å². The Kier molecular flexibility index (Phi) is 10.7. The number of carbonyl (C=O) groups is 2. The van der Waals surface area contributed by atoms with Crippen molar-refractivity contribution < 1.29 is 30.0 Å². The first-order valence-electron chi connectivity index (χ1n) is 9.71. The molecule has 0 radical (unpaired) electrons. The standard InChI is InChI=1S/C18H22N2S.C4H6O6.CH4/c1-14(12-19(2)3)13-20-15-8-4-6-10-17(15)21-18-11-7-5-9-16(18)20;5-1(3(7)8)2(6)4(9)10;/h4-11,14H,12-13H2,1-3H3;1-2,5-6H,(H,7,8)(H,9,10);1H4/t;1-,2-;/m.1./s1. The van der Waals surface area contributed by atoms with Gasteiger partial charge in [0.2, 0.25) is 0 Å². The average molecular weight is 465 g/mol. The molecule has 1 unspecified atom stereocenters. The van der Waals surface area contributed by atoms with Crippen molar-refractivity contribution in [1.82, 2.24) is 4.90 Å². The Labute approximate surface area is 193 Å². The van der Waals surface area contributed by atoms with E-state index >= 15 is 0 Å². The molecule has 9 heteroatoms. The highest BCUT2D eigenvalue weighted by molar-refractivity contribution is 7.99. The summed E-state index contributed by atoms with van der Waals surface area (Å²) in [5, 5.41) is 32.5. The fraction of sp³-hybridized carbons (Fsp3) is 0.391. The maximum atomic E-state index is 9.77. The van der Waals surface area contributed by atoms with Gasteiger partial charge in [0.05, 0.1) is 11.4 Å². The quantitative estimate of drug-likeness (QED) is 0.490. The summed E-state index contributed by atoms with van der Waals surface area (Å²) in [5.41, 5.74) is 2.68. The van der Waals surface area contributed by atoms with Crippen molar-refractivity contribution in [3.05, 3.63) is 48.5 Å². The third-order valence-corrected chi connectivity index (χ3v) is 5.64. The number of aliphatic carboxylic acids is 2. The molecule has 2 aromatic rings. The molecule has 8 nitrogen and oxygen atoms in total. The maximum Gasteiger partial charge on any atom is 0.335 e. The van der Waals surface area contributed by atoms with Crippen LogP contribution in [-0.2, 0) is 9.59 Å². The molecule has 4 N–H and O–H groups in total. The second-order valence-electron chi connectivity index (χ2n) is 7.58. The van der Waals surface area contributed by atoms with Crippen molar-refractivity contribution in [3.8, 4) is 0 Å². The summed E-state index contributed by atoms with van der Waals surface area (Å²) < 4.78 is 0. The molecule has 0 aliphatic carbocycles. The van der Waals surface area contributed by atoms with Gasteiger partial charge >= 0.3 is 11.9 Å². The summed E-state index contributed by atoms with van der Waals surface area (Å²) in [6.45, 7) is 4.48. The van der Waals surface area contributed by atoms with Crippen molar-refractivity contribution in [2.24, 2.45) is 5.92 Å². The zero-order chi connectivity index (χ0) is 23.1. The molecule has 1 aliphatic rings. The number of anilines is 2. The lowest BCUT2D eigenvalue weighted by Gasteiger charge is -2.35. The smallest absolute Gasteiger partial charge is 0.335 e. The van der Waals surface area contributed by atoms with Crippen LogP contribution in [0.25, 0.3) is 0 Å². The first-order valence-corrected chi connectivity index (χ1v) is 10.5. The van der Waals surface area contributed by atoms with Crippen molar-refractivity contribution >= 4 is 35.1 Å². The molecule has 0 aromatic heterocycles. The van der Waals surface area contributed by atoms with Gasteiger partial charge < -0.3 is 30.2 Å². The zero-order valence-corrected chi connectivity index (χ0v) is 18.5. The number of carboxylic acid groups (broad SMARTS) is 2. The number of benzene rings is 2. The number of hydrogen-bond donors (Lipinski definition) is 4. The largest absolute Gasteiger partial charge is 0.479 e. The third-order valence-electron chi connectivity index (χ3n) is 4.51. The SMILES string of the molecule is C.CC(CN(C)C)CN1c2ccccc2Sc2ccccc21.O=C(O)[C@H](O)[C@@H](O)C(=O)O.